The zero-order chi connectivity index (χ0) is 13.8. The van der Waals surface area contributed by atoms with Gasteiger partial charge in [-0.25, -0.2) is 4.98 Å². The molecular weight excluding hydrogens is 351 g/mol. The highest BCUT2D eigenvalue weighted by Gasteiger charge is 2.14. The molecule has 102 valence electrons. The van der Waals surface area contributed by atoms with E-state index in [4.69, 9.17) is 4.42 Å². The van der Waals surface area contributed by atoms with E-state index in [1.165, 1.54) is 9.13 Å². The molecule has 0 spiro atoms. The molecule has 0 saturated carbocycles. The van der Waals surface area contributed by atoms with E-state index in [-0.39, 0.29) is 6.04 Å². The normalized spacial score (nSPS) is 12.6. The lowest BCUT2D eigenvalue weighted by Gasteiger charge is -2.08. The van der Waals surface area contributed by atoms with E-state index in [2.05, 4.69) is 65.8 Å². The lowest BCUT2D eigenvalue weighted by Crippen LogP contribution is -2.19. The van der Waals surface area contributed by atoms with Crippen LogP contribution in [0.3, 0.4) is 0 Å². The maximum absolute atomic E-state index is 5.89. The molecule has 0 fully saturated rings. The van der Waals surface area contributed by atoms with Gasteiger partial charge in [0.1, 0.15) is 0 Å². The Hall–Kier alpha value is -0.880. The van der Waals surface area contributed by atoms with Gasteiger partial charge in [0.15, 0.2) is 5.76 Å². The van der Waals surface area contributed by atoms with Crippen molar-refractivity contribution >= 4 is 22.6 Å². The number of nitrogens with zero attached hydrogens (tertiary/aromatic N) is 1. The first kappa shape index (κ1) is 14.5. The Labute approximate surface area is 128 Å². The molecular formula is C15H19IN2O. The van der Waals surface area contributed by atoms with Crippen LogP contribution in [0.4, 0.5) is 0 Å². The highest BCUT2D eigenvalue weighted by molar-refractivity contribution is 14.1. The van der Waals surface area contributed by atoms with Gasteiger partial charge in [-0.3, -0.25) is 0 Å². The van der Waals surface area contributed by atoms with Gasteiger partial charge < -0.3 is 9.73 Å². The molecule has 1 heterocycles. The summed E-state index contributed by atoms with van der Waals surface area (Å²) in [6, 6.07) is 6.38. The van der Waals surface area contributed by atoms with Gasteiger partial charge in [0.2, 0.25) is 5.89 Å². The summed E-state index contributed by atoms with van der Waals surface area (Å²) in [4.78, 5) is 4.38. The Morgan fingerprint density at radius 3 is 2.95 bits per heavy atom. The molecule has 1 atom stereocenters. The van der Waals surface area contributed by atoms with E-state index in [9.17, 15) is 0 Å². The van der Waals surface area contributed by atoms with Crippen molar-refractivity contribution in [2.24, 2.45) is 0 Å². The smallest absolute Gasteiger partial charge is 0.211 e. The predicted molar refractivity (Wildman–Crippen MR) is 86.1 cm³/mol. The van der Waals surface area contributed by atoms with Crippen molar-refractivity contribution in [2.75, 3.05) is 6.54 Å². The quantitative estimate of drug-likeness (QED) is 0.797. The van der Waals surface area contributed by atoms with Crippen LogP contribution in [0.5, 0.6) is 0 Å². The van der Waals surface area contributed by atoms with Gasteiger partial charge in [-0.15, -0.1) is 0 Å². The minimum absolute atomic E-state index is 0.149. The molecule has 0 aliphatic carbocycles. The molecule has 0 saturated heterocycles. The topological polar surface area (TPSA) is 38.1 Å². The van der Waals surface area contributed by atoms with Crippen molar-refractivity contribution < 1.29 is 4.42 Å². The largest absolute Gasteiger partial charge is 0.439 e. The first-order valence-corrected chi connectivity index (χ1v) is 7.66. The molecule has 2 rings (SSSR count). The molecule has 0 bridgehead atoms. The van der Waals surface area contributed by atoms with E-state index in [0.29, 0.717) is 0 Å². The number of oxazole rings is 1. The summed E-state index contributed by atoms with van der Waals surface area (Å²) in [5.74, 6) is 1.59. The number of hydrogen-bond acceptors (Lipinski definition) is 3. The van der Waals surface area contributed by atoms with Gasteiger partial charge in [0.05, 0.1) is 12.2 Å². The monoisotopic (exact) mass is 370 g/mol. The molecule has 0 aliphatic rings. The van der Waals surface area contributed by atoms with Crippen LogP contribution in [0.15, 0.2) is 28.8 Å². The Bertz CT molecular complexity index is 551. The molecule has 4 heteroatoms. The third-order valence-corrected chi connectivity index (χ3v) is 4.48. The van der Waals surface area contributed by atoms with Crippen molar-refractivity contribution in [2.45, 2.75) is 33.2 Å². The van der Waals surface area contributed by atoms with E-state index in [1.54, 1.807) is 0 Å². The number of halogens is 1. The van der Waals surface area contributed by atoms with Gasteiger partial charge in [-0.05, 0) is 55.0 Å². The third kappa shape index (κ3) is 3.36. The van der Waals surface area contributed by atoms with Crippen LogP contribution in [-0.4, -0.2) is 11.5 Å². The Morgan fingerprint density at radius 2 is 2.21 bits per heavy atom. The number of aromatic nitrogens is 1. The van der Waals surface area contributed by atoms with Gasteiger partial charge >= 0.3 is 0 Å². The molecule has 0 aliphatic heterocycles. The number of aryl methyl sites for hydroxylation is 1. The van der Waals surface area contributed by atoms with Crippen molar-refractivity contribution in [3.63, 3.8) is 0 Å². The third-order valence-electron chi connectivity index (χ3n) is 3.05. The summed E-state index contributed by atoms with van der Waals surface area (Å²) in [7, 11) is 0. The summed E-state index contributed by atoms with van der Waals surface area (Å²) >= 11 is 2.35. The van der Waals surface area contributed by atoms with Crippen LogP contribution in [0.1, 0.15) is 37.8 Å². The summed E-state index contributed by atoms with van der Waals surface area (Å²) in [5, 5.41) is 3.38. The minimum Gasteiger partial charge on any atom is -0.439 e. The van der Waals surface area contributed by atoms with Crippen LogP contribution >= 0.6 is 22.6 Å². The predicted octanol–water partition coefficient (Wildman–Crippen LogP) is 4.32. The van der Waals surface area contributed by atoms with Crippen molar-refractivity contribution in [3.05, 3.63) is 39.4 Å². The maximum atomic E-state index is 5.89. The number of hydrogen-bond donors (Lipinski definition) is 1. The fourth-order valence-electron chi connectivity index (χ4n) is 1.90. The van der Waals surface area contributed by atoms with Crippen LogP contribution in [0.25, 0.3) is 11.3 Å². The molecule has 1 N–H and O–H groups in total. The highest BCUT2D eigenvalue weighted by Crippen LogP contribution is 2.29. The van der Waals surface area contributed by atoms with Crippen molar-refractivity contribution in [3.8, 4) is 11.3 Å². The van der Waals surface area contributed by atoms with E-state index >= 15 is 0 Å². The molecule has 2 aromatic rings. The molecule has 1 unspecified atom stereocenters. The van der Waals surface area contributed by atoms with E-state index < -0.39 is 0 Å². The summed E-state index contributed by atoms with van der Waals surface area (Å²) in [6.07, 6.45) is 2.92. The zero-order valence-electron chi connectivity index (χ0n) is 11.5. The molecule has 3 nitrogen and oxygen atoms in total. The molecule has 1 aromatic heterocycles. The summed E-state index contributed by atoms with van der Waals surface area (Å²) in [5.41, 5.74) is 2.37. The number of rotatable bonds is 5. The lowest BCUT2D eigenvalue weighted by atomic mass is 10.1. The molecule has 1 aromatic carbocycles. The average Bonchev–Trinajstić information content (AvgIpc) is 2.88. The Kier molecular flexibility index (Phi) is 4.99. The SMILES string of the molecule is CCCNC(C)c1ncc(-c2cccc(C)c2I)o1. The van der Waals surface area contributed by atoms with Crippen LogP contribution < -0.4 is 5.32 Å². The first-order chi connectivity index (χ1) is 9.13. The molecule has 19 heavy (non-hydrogen) atoms. The van der Waals surface area contributed by atoms with Crippen molar-refractivity contribution in [1.29, 1.82) is 0 Å². The summed E-state index contributed by atoms with van der Waals surface area (Å²) < 4.78 is 7.11. The zero-order valence-corrected chi connectivity index (χ0v) is 13.7. The number of benzene rings is 1. The van der Waals surface area contributed by atoms with Gasteiger partial charge in [0, 0.05) is 9.13 Å². The second-order valence-corrected chi connectivity index (χ2v) is 5.75. The van der Waals surface area contributed by atoms with Gasteiger partial charge in [0.25, 0.3) is 0 Å². The number of nitrogens with one attached hydrogen (secondary N) is 1. The lowest BCUT2D eigenvalue weighted by molar-refractivity contribution is 0.423. The molecule has 0 radical (unpaired) electrons. The van der Waals surface area contributed by atoms with Crippen LogP contribution in [0, 0.1) is 10.5 Å². The standard InChI is InChI=1S/C15H19IN2O/c1-4-8-17-11(3)15-18-9-13(19-15)12-7-5-6-10(2)14(12)16/h5-7,9,11,17H,4,8H2,1-3H3. The van der Waals surface area contributed by atoms with E-state index in [1.807, 2.05) is 12.3 Å². The van der Waals surface area contributed by atoms with E-state index in [0.717, 1.165) is 30.2 Å². The molecule has 0 amide bonds. The minimum atomic E-state index is 0.149. The summed E-state index contributed by atoms with van der Waals surface area (Å²) in [6.45, 7) is 7.30. The fourth-order valence-corrected chi connectivity index (χ4v) is 2.52. The maximum Gasteiger partial charge on any atom is 0.211 e. The second kappa shape index (κ2) is 6.52. The Morgan fingerprint density at radius 1 is 1.42 bits per heavy atom. The fraction of sp³-hybridized carbons (Fsp3) is 0.400. The second-order valence-electron chi connectivity index (χ2n) is 4.68. The Balaban J connectivity index is 2.23. The first-order valence-electron chi connectivity index (χ1n) is 6.58. The van der Waals surface area contributed by atoms with Gasteiger partial charge in [-0.2, -0.15) is 0 Å². The average molecular weight is 370 g/mol. The van der Waals surface area contributed by atoms with Crippen LogP contribution in [-0.2, 0) is 0 Å². The van der Waals surface area contributed by atoms with Gasteiger partial charge in [-0.1, -0.05) is 25.1 Å². The van der Waals surface area contributed by atoms with Crippen molar-refractivity contribution in [1.82, 2.24) is 10.3 Å². The van der Waals surface area contributed by atoms with Crippen LogP contribution in [0.2, 0.25) is 0 Å². The highest BCUT2D eigenvalue weighted by atomic mass is 127.